The van der Waals surface area contributed by atoms with Crippen molar-refractivity contribution in [3.05, 3.63) is 23.7 Å². The van der Waals surface area contributed by atoms with Crippen LogP contribution in [0.3, 0.4) is 0 Å². The number of hydrogen-bond donors (Lipinski definition) is 0. The fourth-order valence-corrected chi connectivity index (χ4v) is 2.03. The van der Waals surface area contributed by atoms with E-state index < -0.39 is 0 Å². The minimum atomic E-state index is 0.635. The normalized spacial score (nSPS) is 16.4. The standard InChI is InChI=1S/C11H13N3/c1-7-5-9-6-12-14(10-3-4-10)11(9)8(2)13-7/h5-6,10H,3-4H2,1-2H3. The van der Waals surface area contributed by atoms with Crippen molar-refractivity contribution in [2.75, 3.05) is 0 Å². The monoisotopic (exact) mass is 187 g/mol. The molecular formula is C11H13N3. The summed E-state index contributed by atoms with van der Waals surface area (Å²) in [6.07, 6.45) is 4.49. The third kappa shape index (κ3) is 1.05. The maximum absolute atomic E-state index is 4.48. The highest BCUT2D eigenvalue weighted by Crippen LogP contribution is 2.37. The second kappa shape index (κ2) is 2.56. The first-order valence-corrected chi connectivity index (χ1v) is 5.07. The molecule has 14 heavy (non-hydrogen) atoms. The fraction of sp³-hybridized carbons (Fsp3) is 0.455. The van der Waals surface area contributed by atoms with Gasteiger partial charge >= 0.3 is 0 Å². The quantitative estimate of drug-likeness (QED) is 0.686. The smallest absolute Gasteiger partial charge is 0.0898 e. The van der Waals surface area contributed by atoms with Crippen LogP contribution in [0.5, 0.6) is 0 Å². The maximum Gasteiger partial charge on any atom is 0.0898 e. The van der Waals surface area contributed by atoms with Crippen molar-refractivity contribution in [1.29, 1.82) is 0 Å². The lowest BCUT2D eigenvalue weighted by atomic mass is 10.2. The first-order chi connectivity index (χ1) is 6.75. The van der Waals surface area contributed by atoms with Gasteiger partial charge in [0.2, 0.25) is 0 Å². The van der Waals surface area contributed by atoms with Gasteiger partial charge in [-0.05, 0) is 32.8 Å². The third-order valence-electron chi connectivity index (χ3n) is 2.77. The van der Waals surface area contributed by atoms with E-state index in [2.05, 4.69) is 27.8 Å². The van der Waals surface area contributed by atoms with Gasteiger partial charge in [-0.3, -0.25) is 9.67 Å². The molecule has 0 N–H and O–H groups in total. The van der Waals surface area contributed by atoms with E-state index in [0.29, 0.717) is 6.04 Å². The molecule has 0 bridgehead atoms. The average Bonchev–Trinajstić information content (AvgIpc) is 2.87. The van der Waals surface area contributed by atoms with E-state index >= 15 is 0 Å². The minimum absolute atomic E-state index is 0.635. The molecule has 0 unspecified atom stereocenters. The van der Waals surface area contributed by atoms with E-state index in [4.69, 9.17) is 0 Å². The second-order valence-electron chi connectivity index (χ2n) is 4.11. The van der Waals surface area contributed by atoms with Crippen LogP contribution < -0.4 is 0 Å². The van der Waals surface area contributed by atoms with E-state index in [1.165, 1.54) is 23.7 Å². The van der Waals surface area contributed by atoms with E-state index in [1.54, 1.807) is 0 Å². The van der Waals surface area contributed by atoms with Gasteiger partial charge in [0, 0.05) is 11.1 Å². The molecule has 0 spiro atoms. The number of pyridine rings is 1. The zero-order valence-electron chi connectivity index (χ0n) is 8.49. The molecule has 0 radical (unpaired) electrons. The van der Waals surface area contributed by atoms with Gasteiger partial charge in [0.1, 0.15) is 0 Å². The SMILES string of the molecule is Cc1cc2cnn(C3CC3)c2c(C)n1. The lowest BCUT2D eigenvalue weighted by Crippen LogP contribution is -1.98. The average molecular weight is 187 g/mol. The Balaban J connectivity index is 2.33. The van der Waals surface area contributed by atoms with Gasteiger partial charge < -0.3 is 0 Å². The topological polar surface area (TPSA) is 30.7 Å². The largest absolute Gasteiger partial charge is 0.260 e. The van der Waals surface area contributed by atoms with Gasteiger partial charge in [0.05, 0.1) is 23.4 Å². The fourth-order valence-electron chi connectivity index (χ4n) is 2.03. The van der Waals surface area contributed by atoms with Gasteiger partial charge in [-0.15, -0.1) is 0 Å². The van der Waals surface area contributed by atoms with Crippen LogP contribution in [0.4, 0.5) is 0 Å². The zero-order chi connectivity index (χ0) is 9.71. The number of nitrogens with zero attached hydrogens (tertiary/aromatic N) is 3. The Morgan fingerprint density at radius 3 is 2.86 bits per heavy atom. The molecule has 0 aromatic carbocycles. The van der Waals surface area contributed by atoms with Crippen molar-refractivity contribution in [2.45, 2.75) is 32.7 Å². The molecule has 0 aliphatic heterocycles. The zero-order valence-corrected chi connectivity index (χ0v) is 8.49. The Hall–Kier alpha value is -1.38. The molecule has 72 valence electrons. The van der Waals surface area contributed by atoms with Crippen molar-refractivity contribution in [2.24, 2.45) is 0 Å². The van der Waals surface area contributed by atoms with Crippen molar-refractivity contribution >= 4 is 10.9 Å². The third-order valence-corrected chi connectivity index (χ3v) is 2.77. The molecule has 1 aliphatic carbocycles. The molecule has 3 heteroatoms. The minimum Gasteiger partial charge on any atom is -0.260 e. The van der Waals surface area contributed by atoms with E-state index in [-0.39, 0.29) is 0 Å². The highest BCUT2D eigenvalue weighted by molar-refractivity contribution is 5.81. The highest BCUT2D eigenvalue weighted by Gasteiger charge is 2.26. The van der Waals surface area contributed by atoms with Crippen LogP contribution in [0.1, 0.15) is 30.3 Å². The Kier molecular flexibility index (Phi) is 1.46. The van der Waals surface area contributed by atoms with Gasteiger partial charge in [-0.2, -0.15) is 5.10 Å². The van der Waals surface area contributed by atoms with Crippen LogP contribution >= 0.6 is 0 Å². The second-order valence-corrected chi connectivity index (χ2v) is 4.11. The molecule has 2 aromatic rings. The van der Waals surface area contributed by atoms with Crippen LogP contribution in [0.2, 0.25) is 0 Å². The number of aromatic nitrogens is 3. The van der Waals surface area contributed by atoms with Crippen molar-refractivity contribution < 1.29 is 0 Å². The first kappa shape index (κ1) is 7.97. The Morgan fingerprint density at radius 2 is 2.14 bits per heavy atom. The molecule has 1 aliphatic rings. The lowest BCUT2D eigenvalue weighted by Gasteiger charge is -2.03. The van der Waals surface area contributed by atoms with Gasteiger partial charge in [-0.25, -0.2) is 0 Å². The molecule has 2 heterocycles. The number of rotatable bonds is 1. The van der Waals surface area contributed by atoms with E-state index in [0.717, 1.165) is 11.4 Å². The summed E-state index contributed by atoms with van der Waals surface area (Å²) in [5.74, 6) is 0. The summed E-state index contributed by atoms with van der Waals surface area (Å²) < 4.78 is 2.14. The molecule has 3 nitrogen and oxygen atoms in total. The number of aryl methyl sites for hydroxylation is 2. The summed E-state index contributed by atoms with van der Waals surface area (Å²) in [4.78, 5) is 4.48. The summed E-state index contributed by atoms with van der Waals surface area (Å²) in [6, 6.07) is 2.74. The Bertz CT molecular complexity index is 494. The van der Waals surface area contributed by atoms with Crippen LogP contribution in [0.15, 0.2) is 12.3 Å². The van der Waals surface area contributed by atoms with Crippen molar-refractivity contribution in [1.82, 2.24) is 14.8 Å². The summed E-state index contributed by atoms with van der Waals surface area (Å²) >= 11 is 0. The summed E-state index contributed by atoms with van der Waals surface area (Å²) in [5.41, 5.74) is 3.40. The Labute approximate surface area is 82.8 Å². The molecule has 1 fully saturated rings. The molecule has 1 saturated carbocycles. The first-order valence-electron chi connectivity index (χ1n) is 5.07. The summed E-state index contributed by atoms with van der Waals surface area (Å²) in [5, 5.41) is 5.66. The molecule has 3 rings (SSSR count). The maximum atomic E-state index is 4.48. The highest BCUT2D eigenvalue weighted by atomic mass is 15.3. The van der Waals surface area contributed by atoms with Crippen LogP contribution in [-0.4, -0.2) is 14.8 Å². The van der Waals surface area contributed by atoms with Crippen LogP contribution in [0.25, 0.3) is 10.9 Å². The lowest BCUT2D eigenvalue weighted by molar-refractivity contribution is 0.662. The number of hydrogen-bond acceptors (Lipinski definition) is 2. The van der Waals surface area contributed by atoms with Crippen molar-refractivity contribution in [3.63, 3.8) is 0 Å². The molecular weight excluding hydrogens is 174 g/mol. The molecule has 0 saturated heterocycles. The van der Waals surface area contributed by atoms with Gasteiger partial charge in [0.25, 0.3) is 0 Å². The molecule has 0 amide bonds. The number of fused-ring (bicyclic) bond motifs is 1. The van der Waals surface area contributed by atoms with Gasteiger partial charge in [-0.1, -0.05) is 0 Å². The van der Waals surface area contributed by atoms with Crippen molar-refractivity contribution in [3.8, 4) is 0 Å². The molecule has 2 aromatic heterocycles. The van der Waals surface area contributed by atoms with Crippen LogP contribution in [0, 0.1) is 13.8 Å². The van der Waals surface area contributed by atoms with Gasteiger partial charge in [0.15, 0.2) is 0 Å². The Morgan fingerprint density at radius 1 is 1.36 bits per heavy atom. The predicted molar refractivity (Wildman–Crippen MR) is 55.3 cm³/mol. The summed E-state index contributed by atoms with van der Waals surface area (Å²) in [7, 11) is 0. The van der Waals surface area contributed by atoms with E-state index in [1.807, 2.05) is 13.1 Å². The molecule has 0 atom stereocenters. The predicted octanol–water partition coefficient (Wildman–Crippen LogP) is 2.38. The summed E-state index contributed by atoms with van der Waals surface area (Å²) in [6.45, 7) is 4.09. The van der Waals surface area contributed by atoms with Crippen LogP contribution in [-0.2, 0) is 0 Å². The van der Waals surface area contributed by atoms with E-state index in [9.17, 15) is 0 Å².